The van der Waals surface area contributed by atoms with Gasteiger partial charge in [0.1, 0.15) is 0 Å². The number of amides is 1. The number of hydrogen-bond donors (Lipinski definition) is 2. The Morgan fingerprint density at radius 1 is 1.19 bits per heavy atom. The van der Waals surface area contributed by atoms with Crippen molar-refractivity contribution in [2.45, 2.75) is 5.75 Å². The van der Waals surface area contributed by atoms with Gasteiger partial charge in [-0.1, -0.05) is 18.2 Å². The highest BCUT2D eigenvalue weighted by Crippen LogP contribution is 2.27. The number of nitrogens with zero attached hydrogens (tertiary/aromatic N) is 2. The lowest BCUT2D eigenvalue weighted by Crippen LogP contribution is -2.37. The summed E-state index contributed by atoms with van der Waals surface area (Å²) in [5.74, 6) is -0.704. The van der Waals surface area contributed by atoms with E-state index in [9.17, 15) is 23.3 Å². The number of morpholine rings is 1. The number of nitrogens with one attached hydrogen (secondary N) is 2. The van der Waals surface area contributed by atoms with Crippen LogP contribution in [-0.2, 0) is 20.5 Å². The van der Waals surface area contributed by atoms with E-state index >= 15 is 0 Å². The number of sulfonamides is 1. The van der Waals surface area contributed by atoms with Gasteiger partial charge in [-0.05, 0) is 23.8 Å². The van der Waals surface area contributed by atoms with Gasteiger partial charge < -0.3 is 15.0 Å². The van der Waals surface area contributed by atoms with Crippen molar-refractivity contribution in [3.8, 4) is 0 Å². The minimum Gasteiger partial charge on any atom is -0.378 e. The molecule has 1 saturated heterocycles. The van der Waals surface area contributed by atoms with Gasteiger partial charge in [-0.2, -0.15) is 0 Å². The summed E-state index contributed by atoms with van der Waals surface area (Å²) in [6.07, 6.45) is 1.45. The Morgan fingerprint density at radius 2 is 1.88 bits per heavy atom. The molecular weight excluding hydrogens is 436 g/mol. The molecule has 0 unspecified atom stereocenters. The number of carbonyl (C=O) groups is 1. The van der Waals surface area contributed by atoms with E-state index < -0.39 is 20.9 Å². The van der Waals surface area contributed by atoms with Crippen molar-refractivity contribution in [1.82, 2.24) is 4.72 Å². The van der Waals surface area contributed by atoms with E-state index in [0.29, 0.717) is 43.2 Å². The van der Waals surface area contributed by atoms with Crippen molar-refractivity contribution in [3.05, 3.63) is 76.4 Å². The summed E-state index contributed by atoms with van der Waals surface area (Å²) in [5, 5.41) is 14.0. The molecule has 32 heavy (non-hydrogen) atoms. The van der Waals surface area contributed by atoms with E-state index in [4.69, 9.17) is 4.74 Å². The summed E-state index contributed by atoms with van der Waals surface area (Å²) in [6.45, 7) is 5.77. The maximum absolute atomic E-state index is 13.0. The number of nitro benzene ring substituents is 1. The molecule has 1 aliphatic heterocycles. The van der Waals surface area contributed by atoms with Crippen LogP contribution in [0, 0.1) is 10.1 Å². The lowest BCUT2D eigenvalue weighted by Gasteiger charge is -2.30. The van der Waals surface area contributed by atoms with Crippen molar-refractivity contribution >= 4 is 33.0 Å². The number of hydrogen-bond acceptors (Lipinski definition) is 7. The van der Waals surface area contributed by atoms with Gasteiger partial charge in [-0.25, -0.2) is 13.1 Å². The van der Waals surface area contributed by atoms with E-state index in [1.54, 1.807) is 30.3 Å². The molecule has 10 nitrogen and oxygen atoms in total. The zero-order chi connectivity index (χ0) is 23.1. The molecule has 0 atom stereocenters. The molecule has 11 heteroatoms. The zero-order valence-corrected chi connectivity index (χ0v) is 18.1. The lowest BCUT2D eigenvalue weighted by molar-refractivity contribution is -0.384. The van der Waals surface area contributed by atoms with Crippen molar-refractivity contribution in [2.24, 2.45) is 0 Å². The number of anilines is 2. The summed E-state index contributed by atoms with van der Waals surface area (Å²) in [6, 6.07) is 10.6. The van der Waals surface area contributed by atoms with Crippen LogP contribution in [0.5, 0.6) is 0 Å². The molecule has 1 heterocycles. The van der Waals surface area contributed by atoms with Crippen molar-refractivity contribution in [1.29, 1.82) is 0 Å². The van der Waals surface area contributed by atoms with Crippen molar-refractivity contribution in [3.63, 3.8) is 0 Å². The molecule has 0 spiro atoms. The first-order chi connectivity index (χ1) is 15.3. The van der Waals surface area contributed by atoms with Gasteiger partial charge >= 0.3 is 0 Å². The van der Waals surface area contributed by atoms with Crippen LogP contribution in [0.15, 0.2) is 55.1 Å². The second kappa shape index (κ2) is 10.4. The van der Waals surface area contributed by atoms with Gasteiger partial charge in [0.2, 0.25) is 10.0 Å². The Labute approximate surface area is 186 Å². The predicted octanol–water partition coefficient (Wildman–Crippen LogP) is 2.29. The molecule has 0 bridgehead atoms. The molecule has 1 fully saturated rings. The van der Waals surface area contributed by atoms with E-state index in [1.165, 1.54) is 18.2 Å². The molecule has 0 saturated carbocycles. The van der Waals surface area contributed by atoms with E-state index in [0.717, 1.165) is 0 Å². The van der Waals surface area contributed by atoms with E-state index in [2.05, 4.69) is 16.6 Å². The number of benzene rings is 2. The van der Waals surface area contributed by atoms with Crippen LogP contribution in [0.4, 0.5) is 17.1 Å². The van der Waals surface area contributed by atoms with Gasteiger partial charge in [-0.15, -0.1) is 6.58 Å². The first-order valence-electron chi connectivity index (χ1n) is 9.89. The Bertz CT molecular complexity index is 1100. The maximum Gasteiger partial charge on any atom is 0.270 e. The Balaban J connectivity index is 1.78. The van der Waals surface area contributed by atoms with Crippen molar-refractivity contribution < 1.29 is 22.9 Å². The monoisotopic (exact) mass is 460 g/mol. The Morgan fingerprint density at radius 3 is 2.50 bits per heavy atom. The molecule has 0 aromatic heterocycles. The summed E-state index contributed by atoms with van der Waals surface area (Å²) in [4.78, 5) is 25.6. The first kappa shape index (κ1) is 23.4. The standard InChI is InChI=1S/C21H24N4O6S/c1-2-9-22-32(29,30)15-16-3-5-17(6-4-16)23-21(26)19-14-18(25(27)28)7-8-20(19)24-10-12-31-13-11-24/h2-8,14,22H,1,9-13,15H2,(H,23,26). The summed E-state index contributed by atoms with van der Waals surface area (Å²) in [7, 11) is -3.49. The third kappa shape index (κ3) is 6.13. The SMILES string of the molecule is C=CCNS(=O)(=O)Cc1ccc(NC(=O)c2cc([N+](=O)[O-])ccc2N2CCOCC2)cc1. The Kier molecular flexibility index (Phi) is 7.57. The van der Waals surface area contributed by atoms with Crippen LogP contribution in [0.2, 0.25) is 0 Å². The van der Waals surface area contributed by atoms with Crippen LogP contribution in [0.25, 0.3) is 0 Å². The predicted molar refractivity (Wildman–Crippen MR) is 121 cm³/mol. The zero-order valence-electron chi connectivity index (χ0n) is 17.3. The molecule has 0 aliphatic carbocycles. The summed E-state index contributed by atoms with van der Waals surface area (Å²) in [5.41, 5.74) is 1.58. The number of ether oxygens (including phenoxy) is 1. The molecule has 0 radical (unpaired) electrons. The third-order valence-corrected chi connectivity index (χ3v) is 6.12. The fourth-order valence-electron chi connectivity index (χ4n) is 3.24. The largest absolute Gasteiger partial charge is 0.378 e. The first-order valence-corrected chi connectivity index (χ1v) is 11.5. The second-order valence-corrected chi connectivity index (χ2v) is 8.91. The number of nitro groups is 1. The molecular formula is C21H24N4O6S. The molecule has 1 aliphatic rings. The van der Waals surface area contributed by atoms with Crippen LogP contribution in [0.3, 0.4) is 0 Å². The average molecular weight is 461 g/mol. The van der Waals surface area contributed by atoms with Gasteiger partial charge in [-0.3, -0.25) is 14.9 Å². The third-order valence-electron chi connectivity index (χ3n) is 4.80. The number of rotatable bonds is 9. The molecule has 170 valence electrons. The van der Waals surface area contributed by atoms with Gasteiger partial charge in [0.05, 0.1) is 35.1 Å². The maximum atomic E-state index is 13.0. The van der Waals surface area contributed by atoms with E-state index in [1.807, 2.05) is 4.90 Å². The summed E-state index contributed by atoms with van der Waals surface area (Å²) >= 11 is 0. The molecule has 2 aromatic rings. The molecule has 2 aromatic carbocycles. The number of carbonyl (C=O) groups excluding carboxylic acids is 1. The summed E-state index contributed by atoms with van der Waals surface area (Å²) < 4.78 is 31.7. The van der Waals surface area contributed by atoms with Crippen LogP contribution >= 0.6 is 0 Å². The fraction of sp³-hybridized carbons (Fsp3) is 0.286. The van der Waals surface area contributed by atoms with Gasteiger partial charge in [0, 0.05) is 37.5 Å². The lowest BCUT2D eigenvalue weighted by atomic mass is 10.1. The number of non-ortho nitro benzene ring substituents is 1. The smallest absolute Gasteiger partial charge is 0.270 e. The van der Waals surface area contributed by atoms with Crippen LogP contribution < -0.4 is 14.9 Å². The quantitative estimate of drug-likeness (QED) is 0.333. The molecule has 3 rings (SSSR count). The highest BCUT2D eigenvalue weighted by atomic mass is 32.2. The van der Waals surface area contributed by atoms with Crippen LogP contribution in [0.1, 0.15) is 15.9 Å². The topological polar surface area (TPSA) is 131 Å². The van der Waals surface area contributed by atoms with Crippen molar-refractivity contribution in [2.75, 3.05) is 43.1 Å². The van der Waals surface area contributed by atoms with Crippen LogP contribution in [-0.4, -0.2) is 52.1 Å². The Hall–Kier alpha value is -3.28. The normalized spacial score (nSPS) is 14.1. The minimum atomic E-state index is -3.49. The molecule has 1 amide bonds. The van der Waals surface area contributed by atoms with Gasteiger partial charge in [0.15, 0.2) is 0 Å². The average Bonchev–Trinajstić information content (AvgIpc) is 2.79. The molecule has 2 N–H and O–H groups in total. The fourth-order valence-corrected chi connectivity index (χ4v) is 4.34. The minimum absolute atomic E-state index is 0.144. The van der Waals surface area contributed by atoms with E-state index in [-0.39, 0.29) is 23.5 Å². The second-order valence-electron chi connectivity index (χ2n) is 7.11. The highest BCUT2D eigenvalue weighted by Gasteiger charge is 2.22. The van der Waals surface area contributed by atoms with Gasteiger partial charge in [0.25, 0.3) is 11.6 Å². The highest BCUT2D eigenvalue weighted by molar-refractivity contribution is 7.88.